The SMILES string of the molecule is C=C(C)C(=O)OCCCc1cc(-c2ccc(-c3ccc(C4CCC(CCCCC)CC4)cc3F)cc2CC)cc(CCCOC)c1OCCC(CO)(CO)CCC. The third kappa shape index (κ3) is 13.2. The van der Waals surface area contributed by atoms with Gasteiger partial charge in [0.25, 0.3) is 0 Å². The summed E-state index contributed by atoms with van der Waals surface area (Å²) in [5, 5.41) is 20.4. The van der Waals surface area contributed by atoms with Crippen LogP contribution in [0.3, 0.4) is 0 Å². The van der Waals surface area contributed by atoms with Crippen molar-refractivity contribution in [3.63, 3.8) is 0 Å². The highest BCUT2D eigenvalue weighted by molar-refractivity contribution is 5.86. The van der Waals surface area contributed by atoms with Crippen LogP contribution < -0.4 is 4.74 Å². The van der Waals surface area contributed by atoms with Crippen LogP contribution in [0.1, 0.15) is 139 Å². The lowest BCUT2D eigenvalue weighted by molar-refractivity contribution is -0.139. The molecule has 1 aliphatic carbocycles. The molecule has 0 atom stereocenters. The van der Waals surface area contributed by atoms with Crippen molar-refractivity contribution in [3.05, 3.63) is 88.8 Å². The molecule has 0 heterocycles. The minimum atomic E-state index is -0.605. The normalized spacial score (nSPS) is 15.8. The molecule has 2 N–H and O–H groups in total. The van der Waals surface area contributed by atoms with Crippen LogP contribution in [0.4, 0.5) is 4.39 Å². The Labute approximate surface area is 343 Å². The molecule has 0 bridgehead atoms. The van der Waals surface area contributed by atoms with Gasteiger partial charge in [0.2, 0.25) is 0 Å². The first-order valence-corrected chi connectivity index (χ1v) is 21.9. The summed E-state index contributed by atoms with van der Waals surface area (Å²) in [6.07, 6.45) is 15.6. The number of esters is 1. The standard InChI is InChI=1S/C50H71FO6/c1-7-10-11-14-37-17-19-39(20-18-37)40-21-24-46(47(51)33-40)41-22-23-45(38(9-3)30-41)44-31-42(15-12-27-55-6)48(56-29-26-50(34-52,35-53)25-8-2)43(32-44)16-13-28-57-49(54)36(4)5/h21-24,30-33,37,39,52-53H,4,7-20,25-29,34-35H2,1-3,5-6H3. The minimum absolute atomic E-state index is 0.106. The van der Waals surface area contributed by atoms with Crippen LogP contribution in [0.25, 0.3) is 22.3 Å². The van der Waals surface area contributed by atoms with Crippen LogP contribution in [0.15, 0.2) is 60.7 Å². The van der Waals surface area contributed by atoms with E-state index in [1.807, 2.05) is 12.1 Å². The van der Waals surface area contributed by atoms with Crippen molar-refractivity contribution < 1.29 is 33.6 Å². The van der Waals surface area contributed by atoms with Gasteiger partial charge in [-0.15, -0.1) is 0 Å². The van der Waals surface area contributed by atoms with E-state index in [2.05, 4.69) is 57.7 Å². The molecule has 1 saturated carbocycles. The van der Waals surface area contributed by atoms with Crippen LogP contribution in [0.5, 0.6) is 5.75 Å². The molecule has 0 saturated heterocycles. The first kappa shape index (κ1) is 46.2. The number of aryl methyl sites for hydroxylation is 3. The summed E-state index contributed by atoms with van der Waals surface area (Å²) in [5.74, 6) is 1.49. The molecule has 0 aliphatic heterocycles. The first-order chi connectivity index (χ1) is 27.6. The van der Waals surface area contributed by atoms with E-state index in [9.17, 15) is 15.0 Å². The molecule has 3 aromatic carbocycles. The van der Waals surface area contributed by atoms with Gasteiger partial charge in [-0.25, -0.2) is 9.18 Å². The van der Waals surface area contributed by atoms with Gasteiger partial charge in [0.1, 0.15) is 11.6 Å². The van der Waals surface area contributed by atoms with Gasteiger partial charge in [0.05, 0.1) is 26.4 Å². The van der Waals surface area contributed by atoms with Crippen LogP contribution in [-0.4, -0.2) is 56.3 Å². The number of benzene rings is 3. The van der Waals surface area contributed by atoms with E-state index >= 15 is 4.39 Å². The number of halogens is 1. The molecule has 314 valence electrons. The Hall–Kier alpha value is -3.52. The summed E-state index contributed by atoms with van der Waals surface area (Å²) in [7, 11) is 1.70. The third-order valence-electron chi connectivity index (χ3n) is 12.2. The second-order valence-electron chi connectivity index (χ2n) is 16.6. The predicted molar refractivity (Wildman–Crippen MR) is 231 cm³/mol. The average Bonchev–Trinajstić information content (AvgIpc) is 3.22. The van der Waals surface area contributed by atoms with Gasteiger partial charge in [-0.2, -0.15) is 0 Å². The van der Waals surface area contributed by atoms with Crippen molar-refractivity contribution in [2.24, 2.45) is 11.3 Å². The van der Waals surface area contributed by atoms with Gasteiger partial charge in [-0.1, -0.05) is 89.8 Å². The van der Waals surface area contributed by atoms with Crippen molar-refractivity contribution in [2.45, 2.75) is 136 Å². The van der Waals surface area contributed by atoms with Gasteiger partial charge in [0, 0.05) is 30.3 Å². The number of aliphatic hydroxyl groups excluding tert-OH is 2. The lowest BCUT2D eigenvalue weighted by Gasteiger charge is -2.30. The Morgan fingerprint density at radius 2 is 1.46 bits per heavy atom. The Kier molecular flexibility index (Phi) is 19.3. The second kappa shape index (κ2) is 23.8. The topological polar surface area (TPSA) is 85.2 Å². The predicted octanol–water partition coefficient (Wildman–Crippen LogP) is 11.7. The van der Waals surface area contributed by atoms with E-state index in [4.69, 9.17) is 14.2 Å². The lowest BCUT2D eigenvalue weighted by atomic mass is 9.77. The lowest BCUT2D eigenvalue weighted by Crippen LogP contribution is -2.31. The fourth-order valence-corrected chi connectivity index (χ4v) is 8.64. The molecule has 6 nitrogen and oxygen atoms in total. The number of carbonyl (C=O) groups excluding carboxylic acids is 1. The number of hydrogen-bond donors (Lipinski definition) is 2. The summed E-state index contributed by atoms with van der Waals surface area (Å²) in [6, 6.07) is 16.6. The molecule has 1 aliphatic rings. The maximum atomic E-state index is 15.9. The summed E-state index contributed by atoms with van der Waals surface area (Å²) < 4.78 is 33.4. The average molecular weight is 787 g/mol. The van der Waals surface area contributed by atoms with E-state index in [-0.39, 0.29) is 25.6 Å². The van der Waals surface area contributed by atoms with Gasteiger partial charge in [-0.3, -0.25) is 0 Å². The zero-order chi connectivity index (χ0) is 41.2. The van der Waals surface area contributed by atoms with E-state index in [0.717, 1.165) is 89.1 Å². The molecule has 0 amide bonds. The minimum Gasteiger partial charge on any atom is -0.493 e. The highest BCUT2D eigenvalue weighted by Crippen LogP contribution is 2.40. The van der Waals surface area contributed by atoms with Gasteiger partial charge < -0.3 is 24.4 Å². The molecule has 0 radical (unpaired) electrons. The van der Waals surface area contributed by atoms with E-state index in [1.54, 1.807) is 20.1 Å². The summed E-state index contributed by atoms with van der Waals surface area (Å²) >= 11 is 0. The number of unbranched alkanes of at least 4 members (excludes halogenated alkanes) is 2. The molecule has 0 unspecified atom stereocenters. The van der Waals surface area contributed by atoms with Gasteiger partial charge >= 0.3 is 5.97 Å². The first-order valence-electron chi connectivity index (χ1n) is 21.9. The molecular weight excluding hydrogens is 716 g/mol. The Morgan fingerprint density at radius 1 is 0.789 bits per heavy atom. The maximum absolute atomic E-state index is 15.9. The summed E-state index contributed by atoms with van der Waals surface area (Å²) in [4.78, 5) is 12.1. The fourth-order valence-electron chi connectivity index (χ4n) is 8.64. The molecule has 57 heavy (non-hydrogen) atoms. The zero-order valence-electron chi connectivity index (χ0n) is 35.7. The molecule has 1 fully saturated rings. The Morgan fingerprint density at radius 3 is 2.05 bits per heavy atom. The van der Waals surface area contributed by atoms with Crippen molar-refractivity contribution >= 4 is 5.97 Å². The molecule has 7 heteroatoms. The Balaban J connectivity index is 1.64. The molecular formula is C50H71FO6. The van der Waals surface area contributed by atoms with Crippen LogP contribution >= 0.6 is 0 Å². The largest absolute Gasteiger partial charge is 0.493 e. The highest BCUT2D eigenvalue weighted by Gasteiger charge is 2.28. The molecule has 0 aromatic heterocycles. The smallest absolute Gasteiger partial charge is 0.333 e. The molecule has 4 rings (SSSR count). The Bertz CT molecular complexity index is 1700. The quantitative estimate of drug-likeness (QED) is 0.0505. The summed E-state index contributed by atoms with van der Waals surface area (Å²) in [6.45, 7) is 12.8. The molecule has 3 aromatic rings. The summed E-state index contributed by atoms with van der Waals surface area (Å²) in [5.41, 5.74) is 7.73. The van der Waals surface area contributed by atoms with Gasteiger partial charge in [0.15, 0.2) is 0 Å². The van der Waals surface area contributed by atoms with E-state index in [1.165, 1.54) is 38.5 Å². The number of methoxy groups -OCH3 is 1. The second-order valence-corrected chi connectivity index (χ2v) is 16.6. The highest BCUT2D eigenvalue weighted by atomic mass is 19.1. The van der Waals surface area contributed by atoms with Crippen molar-refractivity contribution in [1.29, 1.82) is 0 Å². The van der Waals surface area contributed by atoms with Crippen molar-refractivity contribution in [2.75, 3.05) is 40.1 Å². The number of ether oxygens (including phenoxy) is 3. The monoisotopic (exact) mass is 787 g/mol. The van der Waals surface area contributed by atoms with Crippen molar-refractivity contribution in [3.8, 4) is 28.0 Å². The van der Waals surface area contributed by atoms with Crippen LogP contribution in [0.2, 0.25) is 0 Å². The maximum Gasteiger partial charge on any atom is 0.333 e. The molecule has 0 spiro atoms. The third-order valence-corrected chi connectivity index (χ3v) is 12.2. The zero-order valence-corrected chi connectivity index (χ0v) is 35.7. The van der Waals surface area contributed by atoms with E-state index < -0.39 is 11.4 Å². The van der Waals surface area contributed by atoms with Crippen LogP contribution in [0, 0.1) is 17.2 Å². The fraction of sp³-hybridized carbons (Fsp3) is 0.580. The number of carbonyl (C=O) groups is 1. The van der Waals surface area contributed by atoms with E-state index in [0.29, 0.717) is 56.0 Å². The number of aliphatic hydroxyl groups is 2. The number of rotatable bonds is 25. The van der Waals surface area contributed by atoms with Crippen molar-refractivity contribution in [1.82, 2.24) is 0 Å². The number of hydrogen-bond acceptors (Lipinski definition) is 6. The van der Waals surface area contributed by atoms with Gasteiger partial charge in [-0.05, 0) is 147 Å². The van der Waals surface area contributed by atoms with Crippen LogP contribution in [-0.2, 0) is 33.5 Å².